The van der Waals surface area contributed by atoms with Crippen LogP contribution in [0.25, 0.3) is 0 Å². The number of rotatable bonds is 7. The van der Waals surface area contributed by atoms with E-state index >= 15 is 0 Å². The summed E-state index contributed by atoms with van der Waals surface area (Å²) in [4.78, 5) is 0. The molecule has 0 aliphatic carbocycles. The van der Waals surface area contributed by atoms with Crippen molar-refractivity contribution in [3.63, 3.8) is 0 Å². The molecule has 1 aromatic rings. The van der Waals surface area contributed by atoms with Gasteiger partial charge in [-0.05, 0) is 56.3 Å². The van der Waals surface area contributed by atoms with Gasteiger partial charge in [0, 0.05) is 18.2 Å². The Morgan fingerprint density at radius 3 is 3.05 bits per heavy atom. The Bertz CT molecular complexity index is 433. The molecule has 0 amide bonds. The summed E-state index contributed by atoms with van der Waals surface area (Å²) in [5, 5.41) is 12.7. The molecule has 0 aromatic heterocycles. The zero-order valence-corrected chi connectivity index (χ0v) is 12.8. The topological polar surface area (TPSA) is 41.5 Å². The van der Waals surface area contributed by atoms with Crippen LogP contribution in [-0.4, -0.2) is 24.9 Å². The largest absolute Gasteiger partial charge is 0.493 e. The van der Waals surface area contributed by atoms with Gasteiger partial charge >= 0.3 is 0 Å². The second kappa shape index (κ2) is 8.35. The molecule has 2 N–H and O–H groups in total. The number of fused-ring (bicyclic) bond motifs is 1. The van der Waals surface area contributed by atoms with Crippen LogP contribution in [0.2, 0.25) is 0 Å². The highest BCUT2D eigenvalue weighted by atomic mass is 19.1. The van der Waals surface area contributed by atoms with Gasteiger partial charge in [-0.3, -0.25) is 0 Å². The molecule has 0 spiro atoms. The third kappa shape index (κ3) is 4.68. The predicted octanol–water partition coefficient (Wildman–Crippen LogP) is 3.43. The molecule has 118 valence electrons. The van der Waals surface area contributed by atoms with Crippen molar-refractivity contribution in [3.8, 4) is 5.75 Å². The third-order valence-electron chi connectivity index (χ3n) is 4.13. The minimum Gasteiger partial charge on any atom is -0.493 e. The van der Waals surface area contributed by atoms with Crippen molar-refractivity contribution >= 4 is 0 Å². The third-order valence-corrected chi connectivity index (χ3v) is 4.13. The summed E-state index contributed by atoms with van der Waals surface area (Å²) in [7, 11) is 0. The molecule has 0 bridgehead atoms. The molecule has 1 heterocycles. The van der Waals surface area contributed by atoms with Crippen molar-refractivity contribution in [3.05, 3.63) is 29.6 Å². The van der Waals surface area contributed by atoms with Crippen molar-refractivity contribution in [1.82, 2.24) is 5.32 Å². The van der Waals surface area contributed by atoms with E-state index in [1.165, 1.54) is 6.07 Å². The molecule has 0 saturated carbocycles. The van der Waals surface area contributed by atoms with E-state index in [9.17, 15) is 4.39 Å². The maximum atomic E-state index is 13.5. The Balaban J connectivity index is 2.04. The van der Waals surface area contributed by atoms with Crippen LogP contribution in [0.1, 0.15) is 50.6 Å². The van der Waals surface area contributed by atoms with Crippen LogP contribution in [0.15, 0.2) is 18.2 Å². The fraction of sp³-hybridized carbons (Fsp3) is 0.647. The lowest BCUT2D eigenvalue weighted by molar-refractivity contribution is 0.244. The van der Waals surface area contributed by atoms with Crippen LogP contribution < -0.4 is 10.1 Å². The molecule has 2 atom stereocenters. The van der Waals surface area contributed by atoms with E-state index in [4.69, 9.17) is 9.84 Å². The second-order valence-corrected chi connectivity index (χ2v) is 5.80. The highest BCUT2D eigenvalue weighted by Gasteiger charge is 2.21. The summed E-state index contributed by atoms with van der Waals surface area (Å²) < 4.78 is 19.2. The van der Waals surface area contributed by atoms with Crippen LogP contribution in [0.3, 0.4) is 0 Å². The average molecular weight is 295 g/mol. The molecule has 1 aromatic carbocycles. The predicted molar refractivity (Wildman–Crippen MR) is 82.0 cm³/mol. The molecule has 4 heteroatoms. The molecule has 21 heavy (non-hydrogen) atoms. The lowest BCUT2D eigenvalue weighted by Crippen LogP contribution is -2.28. The Morgan fingerprint density at radius 2 is 2.29 bits per heavy atom. The lowest BCUT2D eigenvalue weighted by Gasteiger charge is -2.22. The van der Waals surface area contributed by atoms with Gasteiger partial charge in [-0.15, -0.1) is 0 Å². The Kier molecular flexibility index (Phi) is 6.46. The van der Waals surface area contributed by atoms with Gasteiger partial charge in [-0.2, -0.15) is 0 Å². The fourth-order valence-electron chi connectivity index (χ4n) is 3.01. The van der Waals surface area contributed by atoms with E-state index in [-0.39, 0.29) is 18.5 Å². The molecule has 2 unspecified atom stereocenters. The van der Waals surface area contributed by atoms with Gasteiger partial charge < -0.3 is 15.2 Å². The minimum absolute atomic E-state index is 0.135. The van der Waals surface area contributed by atoms with Crippen LogP contribution >= 0.6 is 0 Å². The standard InChI is InChI=1S/C17H26FNO2/c1-2-4-13(8-9-20)12-19-16-5-3-10-21-17-7-6-14(18)11-15(16)17/h6-7,11,13,16,19-20H,2-5,8-10,12H2,1H3. The zero-order valence-electron chi connectivity index (χ0n) is 12.8. The van der Waals surface area contributed by atoms with Crippen LogP contribution in [0.5, 0.6) is 5.75 Å². The normalized spacial score (nSPS) is 19.5. The quantitative estimate of drug-likeness (QED) is 0.810. The second-order valence-electron chi connectivity index (χ2n) is 5.80. The van der Waals surface area contributed by atoms with Crippen molar-refractivity contribution in [1.29, 1.82) is 0 Å². The number of halogens is 1. The number of hydrogen-bond donors (Lipinski definition) is 2. The van der Waals surface area contributed by atoms with E-state index in [1.54, 1.807) is 12.1 Å². The van der Waals surface area contributed by atoms with E-state index < -0.39 is 0 Å². The molecule has 1 aliphatic rings. The molecule has 0 radical (unpaired) electrons. The molecule has 1 aliphatic heterocycles. The van der Waals surface area contributed by atoms with E-state index in [0.717, 1.165) is 50.0 Å². The molecule has 0 fully saturated rings. The van der Waals surface area contributed by atoms with Crippen molar-refractivity contribution < 1.29 is 14.2 Å². The van der Waals surface area contributed by atoms with Gasteiger partial charge in [-0.1, -0.05) is 13.3 Å². The first-order valence-electron chi connectivity index (χ1n) is 8.01. The average Bonchev–Trinajstić information content (AvgIpc) is 2.67. The Morgan fingerprint density at radius 1 is 1.43 bits per heavy atom. The number of benzene rings is 1. The summed E-state index contributed by atoms with van der Waals surface area (Å²) >= 11 is 0. The van der Waals surface area contributed by atoms with Gasteiger partial charge in [-0.25, -0.2) is 4.39 Å². The first-order chi connectivity index (χ1) is 10.2. The maximum Gasteiger partial charge on any atom is 0.124 e. The van der Waals surface area contributed by atoms with Crippen molar-refractivity contribution in [2.45, 2.75) is 45.1 Å². The first-order valence-corrected chi connectivity index (χ1v) is 8.01. The Labute approximate surface area is 126 Å². The van der Waals surface area contributed by atoms with Gasteiger partial charge in [0.15, 0.2) is 0 Å². The molecule has 0 saturated heterocycles. The van der Waals surface area contributed by atoms with E-state index in [0.29, 0.717) is 12.5 Å². The van der Waals surface area contributed by atoms with Gasteiger partial charge in [0.25, 0.3) is 0 Å². The minimum atomic E-state index is -0.216. The highest BCUT2D eigenvalue weighted by Crippen LogP contribution is 2.32. The monoisotopic (exact) mass is 295 g/mol. The number of nitrogens with one attached hydrogen (secondary N) is 1. The number of aliphatic hydroxyl groups is 1. The first kappa shape index (κ1) is 16.2. The summed E-state index contributed by atoms with van der Waals surface area (Å²) in [6.07, 6.45) is 4.96. The van der Waals surface area contributed by atoms with Crippen molar-refractivity contribution in [2.24, 2.45) is 5.92 Å². The van der Waals surface area contributed by atoms with E-state index in [1.807, 2.05) is 0 Å². The number of ether oxygens (including phenoxy) is 1. The lowest BCUT2D eigenvalue weighted by atomic mass is 9.97. The maximum absolute atomic E-state index is 13.5. The molecular weight excluding hydrogens is 269 g/mol. The van der Waals surface area contributed by atoms with E-state index in [2.05, 4.69) is 12.2 Å². The van der Waals surface area contributed by atoms with Gasteiger partial charge in [0.05, 0.1) is 6.61 Å². The molecule has 2 rings (SSSR count). The van der Waals surface area contributed by atoms with Crippen LogP contribution in [0.4, 0.5) is 4.39 Å². The molecule has 3 nitrogen and oxygen atoms in total. The smallest absolute Gasteiger partial charge is 0.124 e. The van der Waals surface area contributed by atoms with Gasteiger partial charge in [0.1, 0.15) is 11.6 Å². The highest BCUT2D eigenvalue weighted by molar-refractivity contribution is 5.37. The number of aliphatic hydroxyl groups excluding tert-OH is 1. The summed E-state index contributed by atoms with van der Waals surface area (Å²) in [5.41, 5.74) is 0.923. The number of hydrogen-bond acceptors (Lipinski definition) is 3. The van der Waals surface area contributed by atoms with Crippen LogP contribution in [0, 0.1) is 11.7 Å². The molecular formula is C17H26FNO2. The van der Waals surface area contributed by atoms with Crippen molar-refractivity contribution in [2.75, 3.05) is 19.8 Å². The zero-order chi connectivity index (χ0) is 15.1. The van der Waals surface area contributed by atoms with Crippen LogP contribution in [-0.2, 0) is 0 Å². The Hall–Kier alpha value is -1.13. The summed E-state index contributed by atoms with van der Waals surface area (Å²) in [5.74, 6) is 1.05. The fourth-order valence-corrected chi connectivity index (χ4v) is 3.01. The van der Waals surface area contributed by atoms with Gasteiger partial charge in [0.2, 0.25) is 0 Å². The SMILES string of the molecule is CCCC(CCO)CNC1CCCOc2ccc(F)cc21. The summed E-state index contributed by atoms with van der Waals surface area (Å²) in [6, 6.07) is 4.89. The summed E-state index contributed by atoms with van der Waals surface area (Å²) in [6.45, 7) is 3.93.